The molecule has 11 heteroatoms. The van der Waals surface area contributed by atoms with Crippen molar-refractivity contribution < 1.29 is 14.3 Å². The van der Waals surface area contributed by atoms with Gasteiger partial charge in [0.05, 0.1) is 23.3 Å². The van der Waals surface area contributed by atoms with Crippen LogP contribution in [0.25, 0.3) is 15.9 Å². The Bertz CT molecular complexity index is 1420. The molecule has 1 amide bonds. The summed E-state index contributed by atoms with van der Waals surface area (Å²) >= 11 is 4.44. The number of aryl methyl sites for hydroxylation is 2. The number of anilines is 1. The van der Waals surface area contributed by atoms with Gasteiger partial charge in [-0.15, -0.1) is 32.9 Å². The van der Waals surface area contributed by atoms with Gasteiger partial charge in [-0.05, 0) is 57.1 Å². The number of aromatic nitrogens is 4. The number of hydrogen-bond acceptors (Lipinski definition) is 9. The number of carbonyl (C=O) groups excluding carboxylic acids is 2. The molecule has 0 aromatic carbocycles. The largest absolute Gasteiger partial charge is 0.462 e. The Morgan fingerprint density at radius 1 is 1.29 bits per heavy atom. The zero-order valence-corrected chi connectivity index (χ0v) is 21.9. The van der Waals surface area contributed by atoms with E-state index in [-0.39, 0.29) is 18.3 Å². The lowest BCUT2D eigenvalue weighted by molar-refractivity contribution is -0.113. The number of thioether (sulfide) groups is 1. The Hall–Kier alpha value is -2.50. The molecule has 5 rings (SSSR count). The van der Waals surface area contributed by atoms with Gasteiger partial charge in [0, 0.05) is 9.75 Å². The maximum absolute atomic E-state index is 12.7. The van der Waals surface area contributed by atoms with E-state index in [4.69, 9.17) is 4.74 Å². The van der Waals surface area contributed by atoms with E-state index < -0.39 is 5.97 Å². The standard InChI is InChI=1S/C23H25N5O3S3/c1-5-31-22(30)17-12(3)13(4)33-21(17)25-16(29)9-32-23-27-26-19-18-14-7-6-11(2)8-15(14)34-20(18)24-10-28(19)23/h10-11H,5-9H2,1-4H3,(H,25,29)/t11-/m0/s1. The lowest BCUT2D eigenvalue weighted by Gasteiger charge is -2.17. The predicted octanol–water partition coefficient (Wildman–Crippen LogP) is 5.05. The van der Waals surface area contributed by atoms with Crippen molar-refractivity contribution in [3.8, 4) is 0 Å². The summed E-state index contributed by atoms with van der Waals surface area (Å²) < 4.78 is 7.04. The third-order valence-electron chi connectivity index (χ3n) is 6.12. The zero-order chi connectivity index (χ0) is 24.0. The molecule has 1 aliphatic carbocycles. The van der Waals surface area contributed by atoms with E-state index in [1.807, 2.05) is 18.2 Å². The Kier molecular flexibility index (Phi) is 6.34. The Labute approximate surface area is 209 Å². The van der Waals surface area contributed by atoms with Crippen LogP contribution in [0.1, 0.15) is 51.5 Å². The van der Waals surface area contributed by atoms with Crippen LogP contribution < -0.4 is 5.32 Å². The number of rotatable bonds is 6. The summed E-state index contributed by atoms with van der Waals surface area (Å²) in [5, 5.41) is 13.9. The monoisotopic (exact) mass is 515 g/mol. The first kappa shape index (κ1) is 23.3. The van der Waals surface area contributed by atoms with E-state index in [1.165, 1.54) is 40.0 Å². The SMILES string of the molecule is CCOC(=O)c1c(NC(=O)CSc2nnc3c4c5c(sc4ncn23)C[C@@H](C)CC5)sc(C)c1C. The molecule has 34 heavy (non-hydrogen) atoms. The van der Waals surface area contributed by atoms with Crippen LogP contribution in [-0.4, -0.2) is 43.8 Å². The van der Waals surface area contributed by atoms with Crippen molar-refractivity contribution in [2.24, 2.45) is 5.92 Å². The van der Waals surface area contributed by atoms with Gasteiger partial charge >= 0.3 is 5.97 Å². The topological polar surface area (TPSA) is 98.5 Å². The van der Waals surface area contributed by atoms with Gasteiger partial charge in [0.2, 0.25) is 5.91 Å². The molecule has 1 N–H and O–H groups in total. The number of carbonyl (C=O) groups is 2. The second kappa shape index (κ2) is 9.27. The van der Waals surface area contributed by atoms with Gasteiger partial charge in [-0.1, -0.05) is 18.7 Å². The van der Waals surface area contributed by atoms with Crippen LogP contribution >= 0.6 is 34.4 Å². The average molecular weight is 516 g/mol. The zero-order valence-electron chi connectivity index (χ0n) is 19.4. The summed E-state index contributed by atoms with van der Waals surface area (Å²) in [4.78, 5) is 33.2. The molecule has 4 heterocycles. The van der Waals surface area contributed by atoms with Crippen molar-refractivity contribution >= 4 is 67.2 Å². The van der Waals surface area contributed by atoms with Gasteiger partial charge in [0.25, 0.3) is 0 Å². The highest BCUT2D eigenvalue weighted by Crippen LogP contribution is 2.39. The molecule has 0 aliphatic heterocycles. The molecule has 0 saturated heterocycles. The summed E-state index contributed by atoms with van der Waals surface area (Å²) in [5.41, 5.74) is 3.42. The third-order valence-corrected chi connectivity index (χ3v) is 9.35. The van der Waals surface area contributed by atoms with Gasteiger partial charge < -0.3 is 10.1 Å². The lowest BCUT2D eigenvalue weighted by atomic mass is 9.89. The van der Waals surface area contributed by atoms with Crippen molar-refractivity contribution in [2.45, 2.75) is 52.1 Å². The van der Waals surface area contributed by atoms with Crippen LogP contribution in [0, 0.1) is 19.8 Å². The minimum atomic E-state index is -0.417. The molecule has 0 fully saturated rings. The second-order valence-corrected chi connectivity index (χ2v) is 11.7. The van der Waals surface area contributed by atoms with E-state index in [9.17, 15) is 9.59 Å². The van der Waals surface area contributed by atoms with Crippen LogP contribution in [0.4, 0.5) is 5.00 Å². The summed E-state index contributed by atoms with van der Waals surface area (Å²) in [6.45, 7) is 8.13. The number of nitrogens with one attached hydrogen (secondary N) is 1. The van der Waals surface area contributed by atoms with Crippen molar-refractivity contribution in [1.29, 1.82) is 0 Å². The number of fused-ring (bicyclic) bond motifs is 5. The van der Waals surface area contributed by atoms with E-state index >= 15 is 0 Å². The number of thiophene rings is 2. The molecule has 4 aromatic heterocycles. The third kappa shape index (κ3) is 4.09. The number of esters is 1. The minimum absolute atomic E-state index is 0.135. The van der Waals surface area contributed by atoms with Crippen molar-refractivity contribution in [1.82, 2.24) is 19.6 Å². The average Bonchev–Trinajstić information content (AvgIpc) is 3.45. The fourth-order valence-corrected chi connectivity index (χ4v) is 7.39. The van der Waals surface area contributed by atoms with E-state index in [1.54, 1.807) is 24.6 Å². The molecule has 0 radical (unpaired) electrons. The fraction of sp³-hybridized carbons (Fsp3) is 0.435. The van der Waals surface area contributed by atoms with Gasteiger partial charge in [-0.3, -0.25) is 9.20 Å². The molecule has 1 atom stereocenters. The first-order valence-corrected chi connectivity index (χ1v) is 13.8. The lowest BCUT2D eigenvalue weighted by Crippen LogP contribution is -2.16. The highest BCUT2D eigenvalue weighted by Gasteiger charge is 2.25. The Balaban J connectivity index is 1.35. The number of nitrogens with zero attached hydrogens (tertiary/aromatic N) is 4. The normalized spacial score (nSPS) is 15.6. The fourth-order valence-electron chi connectivity index (χ4n) is 4.27. The molecule has 0 saturated carbocycles. The smallest absolute Gasteiger partial charge is 0.341 e. The van der Waals surface area contributed by atoms with Crippen molar-refractivity contribution in [3.63, 3.8) is 0 Å². The molecule has 0 spiro atoms. The van der Waals surface area contributed by atoms with Crippen LogP contribution in [0.5, 0.6) is 0 Å². The van der Waals surface area contributed by atoms with E-state index in [0.717, 1.165) is 39.1 Å². The molecule has 8 nitrogen and oxygen atoms in total. The molecule has 4 aromatic rings. The number of hydrogen-bond donors (Lipinski definition) is 1. The maximum atomic E-state index is 12.7. The Morgan fingerprint density at radius 2 is 2.12 bits per heavy atom. The van der Waals surface area contributed by atoms with Gasteiger partial charge in [-0.2, -0.15) is 0 Å². The van der Waals surface area contributed by atoms with Gasteiger partial charge in [0.1, 0.15) is 16.2 Å². The van der Waals surface area contributed by atoms with Crippen LogP contribution in [0.15, 0.2) is 11.5 Å². The van der Waals surface area contributed by atoms with Crippen LogP contribution in [-0.2, 0) is 22.4 Å². The van der Waals surface area contributed by atoms with Crippen molar-refractivity contribution in [2.75, 3.05) is 17.7 Å². The molecule has 0 bridgehead atoms. The van der Waals surface area contributed by atoms with E-state index in [2.05, 4.69) is 27.4 Å². The summed E-state index contributed by atoms with van der Waals surface area (Å²) in [6, 6.07) is 0. The first-order chi connectivity index (χ1) is 16.4. The van der Waals surface area contributed by atoms with Gasteiger partial charge in [0.15, 0.2) is 10.8 Å². The summed E-state index contributed by atoms with van der Waals surface area (Å²) in [6.07, 6.45) is 5.05. The second-order valence-electron chi connectivity index (χ2n) is 8.50. The molecular weight excluding hydrogens is 490 g/mol. The predicted molar refractivity (Wildman–Crippen MR) is 136 cm³/mol. The van der Waals surface area contributed by atoms with E-state index in [0.29, 0.717) is 21.6 Å². The van der Waals surface area contributed by atoms with Crippen LogP contribution in [0.3, 0.4) is 0 Å². The molecular formula is C23H25N5O3S3. The quantitative estimate of drug-likeness (QED) is 0.283. The summed E-state index contributed by atoms with van der Waals surface area (Å²) in [7, 11) is 0. The highest BCUT2D eigenvalue weighted by atomic mass is 32.2. The van der Waals surface area contributed by atoms with Crippen LogP contribution in [0.2, 0.25) is 0 Å². The number of amides is 1. The first-order valence-electron chi connectivity index (χ1n) is 11.2. The molecule has 0 unspecified atom stereocenters. The maximum Gasteiger partial charge on any atom is 0.341 e. The molecule has 178 valence electrons. The highest BCUT2D eigenvalue weighted by molar-refractivity contribution is 7.99. The Morgan fingerprint density at radius 3 is 2.91 bits per heavy atom. The number of ether oxygens (including phenoxy) is 1. The van der Waals surface area contributed by atoms with Crippen molar-refractivity contribution in [3.05, 3.63) is 32.8 Å². The van der Waals surface area contributed by atoms with Gasteiger partial charge in [-0.25, -0.2) is 9.78 Å². The minimum Gasteiger partial charge on any atom is -0.462 e. The molecule has 1 aliphatic rings. The summed E-state index contributed by atoms with van der Waals surface area (Å²) in [5.74, 6) is 0.194.